The maximum atomic E-state index is 9.84. The maximum Gasteiger partial charge on any atom is 0.329 e. The Bertz CT molecular complexity index is 150. The van der Waals surface area contributed by atoms with E-state index in [1.54, 1.807) is 12.2 Å². The lowest BCUT2D eigenvalue weighted by Gasteiger charge is -1.83. The molecule has 62 valence electrons. The van der Waals surface area contributed by atoms with Crippen LogP contribution in [0.1, 0.15) is 0 Å². The van der Waals surface area contributed by atoms with Crippen molar-refractivity contribution < 1.29 is 9.53 Å². The van der Waals surface area contributed by atoms with E-state index in [9.17, 15) is 4.79 Å². The third kappa shape index (κ3) is 17.6. The number of methoxy groups -OCH3 is 1. The zero-order valence-corrected chi connectivity index (χ0v) is 7.17. The van der Waals surface area contributed by atoms with E-state index in [4.69, 9.17) is 11.6 Å². The van der Waals surface area contributed by atoms with Gasteiger partial charge in [-0.05, 0) is 0 Å². The van der Waals surface area contributed by atoms with Crippen molar-refractivity contribution in [3.8, 4) is 0 Å². The first-order valence-electron chi connectivity index (χ1n) is 2.81. The molecule has 0 aromatic rings. The van der Waals surface area contributed by atoms with Crippen LogP contribution in [0.2, 0.25) is 0 Å². The SMILES string of the molecule is C=CC(=O)OC.C=CC=CCl. The Morgan fingerprint density at radius 2 is 2.09 bits per heavy atom. The fraction of sp³-hybridized carbons (Fsp3) is 0.125. The quantitative estimate of drug-likeness (QED) is 0.365. The smallest absolute Gasteiger partial charge is 0.329 e. The van der Waals surface area contributed by atoms with Crippen LogP contribution in [0.5, 0.6) is 0 Å². The fourth-order valence-corrected chi connectivity index (χ4v) is 0.238. The highest BCUT2D eigenvalue weighted by Gasteiger charge is 1.81. The van der Waals surface area contributed by atoms with Gasteiger partial charge in [-0.2, -0.15) is 0 Å². The predicted octanol–water partition coefficient (Wildman–Crippen LogP) is 2.27. The first kappa shape index (κ1) is 12.6. The van der Waals surface area contributed by atoms with Gasteiger partial charge in [0.15, 0.2) is 0 Å². The van der Waals surface area contributed by atoms with Crippen molar-refractivity contribution in [2.24, 2.45) is 0 Å². The van der Waals surface area contributed by atoms with E-state index in [0.29, 0.717) is 0 Å². The standard InChI is InChI=1S/C4H5Cl.C4H6O2/c1-2-3-4-5;1-3-4(5)6-2/h2-4H,1H2;3H,1H2,2H3. The Balaban J connectivity index is 0. The monoisotopic (exact) mass is 174 g/mol. The number of allylic oxidation sites excluding steroid dienone is 2. The summed E-state index contributed by atoms with van der Waals surface area (Å²) in [5, 5.41) is 0. The molecule has 0 unspecified atom stereocenters. The van der Waals surface area contributed by atoms with Crippen LogP contribution in [0.15, 0.2) is 36.9 Å². The average Bonchev–Trinajstić information content (AvgIpc) is 2.06. The zero-order chi connectivity index (χ0) is 9.11. The number of rotatable bonds is 2. The number of hydrogen-bond acceptors (Lipinski definition) is 2. The molecule has 0 aliphatic rings. The highest BCUT2D eigenvalue weighted by molar-refractivity contribution is 6.25. The maximum absolute atomic E-state index is 9.84. The molecule has 0 saturated heterocycles. The fourth-order valence-electron chi connectivity index (χ4n) is 0.135. The molecule has 0 bridgehead atoms. The Morgan fingerprint density at radius 3 is 2.09 bits per heavy atom. The van der Waals surface area contributed by atoms with Gasteiger partial charge in [-0.15, -0.1) is 0 Å². The highest BCUT2D eigenvalue weighted by atomic mass is 35.5. The zero-order valence-electron chi connectivity index (χ0n) is 6.42. The predicted molar refractivity (Wildman–Crippen MR) is 47.4 cm³/mol. The van der Waals surface area contributed by atoms with Crippen molar-refractivity contribution in [2.75, 3.05) is 7.11 Å². The van der Waals surface area contributed by atoms with Crippen LogP contribution in [0, 0.1) is 0 Å². The normalized spacial score (nSPS) is 7.82. The number of carbonyl (C=O) groups excluding carboxylic acids is 1. The second-order valence-electron chi connectivity index (χ2n) is 1.28. The molecule has 0 aliphatic carbocycles. The van der Waals surface area contributed by atoms with Gasteiger partial charge in [0.1, 0.15) is 0 Å². The summed E-state index contributed by atoms with van der Waals surface area (Å²) in [6, 6.07) is 0. The van der Waals surface area contributed by atoms with Gasteiger partial charge >= 0.3 is 5.97 Å². The van der Waals surface area contributed by atoms with Gasteiger partial charge in [-0.3, -0.25) is 0 Å². The third-order valence-corrected chi connectivity index (χ3v) is 0.722. The van der Waals surface area contributed by atoms with Crippen molar-refractivity contribution in [3.63, 3.8) is 0 Å². The molecule has 0 radical (unpaired) electrons. The first-order valence-corrected chi connectivity index (χ1v) is 3.24. The van der Waals surface area contributed by atoms with Gasteiger partial charge in [0.2, 0.25) is 0 Å². The summed E-state index contributed by atoms with van der Waals surface area (Å²) in [5.74, 6) is -0.394. The Labute approximate surface area is 71.8 Å². The van der Waals surface area contributed by atoms with Crippen molar-refractivity contribution in [1.82, 2.24) is 0 Å². The van der Waals surface area contributed by atoms with Crippen molar-refractivity contribution in [3.05, 3.63) is 36.9 Å². The largest absolute Gasteiger partial charge is 0.466 e. The lowest BCUT2D eigenvalue weighted by Crippen LogP contribution is -1.91. The molecule has 11 heavy (non-hydrogen) atoms. The van der Waals surface area contributed by atoms with Crippen molar-refractivity contribution >= 4 is 17.6 Å². The van der Waals surface area contributed by atoms with Crippen molar-refractivity contribution in [1.29, 1.82) is 0 Å². The number of esters is 1. The summed E-state index contributed by atoms with van der Waals surface area (Å²) in [7, 11) is 1.31. The molecule has 0 atom stereocenters. The van der Waals surface area contributed by atoms with Crippen LogP contribution in [0.4, 0.5) is 0 Å². The van der Waals surface area contributed by atoms with Crippen LogP contribution in [0.3, 0.4) is 0 Å². The molecule has 0 fully saturated rings. The Hall–Kier alpha value is -1.02. The Kier molecular flexibility index (Phi) is 13.5. The highest BCUT2D eigenvalue weighted by Crippen LogP contribution is 1.74. The second-order valence-corrected chi connectivity index (χ2v) is 1.53. The molecule has 0 saturated carbocycles. The van der Waals surface area contributed by atoms with E-state index in [0.717, 1.165) is 6.08 Å². The van der Waals surface area contributed by atoms with Gasteiger partial charge in [-0.1, -0.05) is 36.9 Å². The molecule has 0 aliphatic heterocycles. The first-order chi connectivity index (χ1) is 5.22. The summed E-state index contributed by atoms with van der Waals surface area (Å²) in [5.41, 5.74) is 1.41. The van der Waals surface area contributed by atoms with Crippen LogP contribution in [0.25, 0.3) is 0 Å². The van der Waals surface area contributed by atoms with Gasteiger partial charge in [0.05, 0.1) is 7.11 Å². The van der Waals surface area contributed by atoms with Crippen LogP contribution < -0.4 is 0 Å². The summed E-state index contributed by atoms with van der Waals surface area (Å²) >= 11 is 5.05. The molecule has 0 aromatic carbocycles. The second kappa shape index (κ2) is 11.7. The third-order valence-electron chi connectivity index (χ3n) is 0.577. The summed E-state index contributed by atoms with van der Waals surface area (Å²) in [4.78, 5) is 9.84. The van der Waals surface area contributed by atoms with Crippen molar-refractivity contribution in [2.45, 2.75) is 0 Å². The topological polar surface area (TPSA) is 26.3 Å². The lowest BCUT2D eigenvalue weighted by molar-refractivity contribution is -0.134. The molecular formula is C8H11ClO2. The van der Waals surface area contributed by atoms with Gasteiger partial charge < -0.3 is 4.74 Å². The Morgan fingerprint density at radius 1 is 1.55 bits per heavy atom. The van der Waals surface area contributed by atoms with Gasteiger partial charge in [0.25, 0.3) is 0 Å². The van der Waals surface area contributed by atoms with Crippen LogP contribution in [-0.2, 0) is 9.53 Å². The van der Waals surface area contributed by atoms with Gasteiger partial charge in [0, 0.05) is 11.6 Å². The molecule has 2 nitrogen and oxygen atoms in total. The van der Waals surface area contributed by atoms with Crippen LogP contribution in [-0.4, -0.2) is 13.1 Å². The summed E-state index contributed by atoms with van der Waals surface area (Å²) < 4.78 is 4.14. The van der Waals surface area contributed by atoms with E-state index >= 15 is 0 Å². The minimum Gasteiger partial charge on any atom is -0.466 e. The molecular weight excluding hydrogens is 164 g/mol. The van der Waals surface area contributed by atoms with E-state index in [1.807, 2.05) is 0 Å². The minimum absolute atomic E-state index is 0.394. The number of halogens is 1. The molecule has 0 aromatic heterocycles. The van der Waals surface area contributed by atoms with E-state index < -0.39 is 5.97 Å². The molecule has 0 spiro atoms. The molecule has 0 N–H and O–H groups in total. The summed E-state index contributed by atoms with van der Waals surface area (Å²) in [6.07, 6.45) is 4.38. The minimum atomic E-state index is -0.394. The number of hydrogen-bond donors (Lipinski definition) is 0. The van der Waals surface area contributed by atoms with E-state index in [-0.39, 0.29) is 0 Å². The number of ether oxygens (including phenoxy) is 1. The molecule has 0 amide bonds. The van der Waals surface area contributed by atoms with Crippen LogP contribution >= 0.6 is 11.6 Å². The van der Waals surface area contributed by atoms with Gasteiger partial charge in [-0.25, -0.2) is 4.79 Å². The number of carbonyl (C=O) groups is 1. The lowest BCUT2D eigenvalue weighted by atomic mass is 10.6. The average molecular weight is 175 g/mol. The molecule has 0 heterocycles. The summed E-state index contributed by atoms with van der Waals surface area (Å²) in [6.45, 7) is 6.54. The van der Waals surface area contributed by atoms with E-state index in [1.165, 1.54) is 12.6 Å². The molecule has 0 rings (SSSR count). The van der Waals surface area contributed by atoms with E-state index in [2.05, 4.69) is 17.9 Å². The molecule has 3 heteroatoms.